The molecule has 6 nitrogen and oxygen atoms in total. The molecular formula is C13H23N3O3S. The summed E-state index contributed by atoms with van der Waals surface area (Å²) in [6.45, 7) is 8.09. The maximum atomic E-state index is 12.4. The summed E-state index contributed by atoms with van der Waals surface area (Å²) < 4.78 is 31.6. The van der Waals surface area contributed by atoms with Crippen LogP contribution in [-0.2, 0) is 16.6 Å². The van der Waals surface area contributed by atoms with Crippen molar-refractivity contribution in [3.63, 3.8) is 0 Å². The van der Waals surface area contributed by atoms with Crippen LogP contribution < -0.4 is 5.73 Å². The number of rotatable bonds is 5. The molecular weight excluding hydrogens is 278 g/mol. The molecule has 0 aromatic carbocycles. The van der Waals surface area contributed by atoms with Crippen LogP contribution in [0.2, 0.25) is 0 Å². The molecule has 0 bridgehead atoms. The van der Waals surface area contributed by atoms with Gasteiger partial charge in [-0.3, -0.25) is 0 Å². The molecule has 0 saturated carbocycles. The van der Waals surface area contributed by atoms with Crippen molar-refractivity contribution < 1.29 is 12.8 Å². The van der Waals surface area contributed by atoms with Crippen molar-refractivity contribution >= 4 is 10.0 Å². The van der Waals surface area contributed by atoms with E-state index in [2.05, 4.69) is 18.7 Å². The molecule has 114 valence electrons. The largest absolute Gasteiger partial charge is 0.447 e. The molecule has 2 heterocycles. The van der Waals surface area contributed by atoms with Crippen molar-refractivity contribution in [3.05, 3.63) is 17.9 Å². The van der Waals surface area contributed by atoms with Gasteiger partial charge in [-0.25, -0.2) is 8.42 Å². The van der Waals surface area contributed by atoms with Gasteiger partial charge in [0.1, 0.15) is 5.76 Å². The Bertz CT molecular complexity index is 531. The van der Waals surface area contributed by atoms with Crippen LogP contribution in [0.15, 0.2) is 21.6 Å². The highest BCUT2D eigenvalue weighted by Crippen LogP contribution is 2.20. The fraction of sp³-hybridized carbons (Fsp3) is 0.692. The Balaban J connectivity index is 2.02. The van der Waals surface area contributed by atoms with Gasteiger partial charge in [0.05, 0.1) is 6.54 Å². The Labute approximate surface area is 120 Å². The van der Waals surface area contributed by atoms with E-state index in [-0.39, 0.29) is 11.6 Å². The van der Waals surface area contributed by atoms with Gasteiger partial charge in [-0.05, 0) is 18.1 Å². The summed E-state index contributed by atoms with van der Waals surface area (Å²) in [5.74, 6) is 1.08. The number of hydrogen-bond acceptors (Lipinski definition) is 5. The molecule has 1 fully saturated rings. The van der Waals surface area contributed by atoms with Gasteiger partial charge in [0, 0.05) is 32.7 Å². The van der Waals surface area contributed by atoms with Crippen molar-refractivity contribution in [1.29, 1.82) is 0 Å². The van der Waals surface area contributed by atoms with Gasteiger partial charge in [-0.15, -0.1) is 0 Å². The molecule has 1 aromatic heterocycles. The number of hydrogen-bond donors (Lipinski definition) is 1. The predicted octanol–water partition coefficient (Wildman–Crippen LogP) is 0.701. The molecule has 0 aliphatic carbocycles. The van der Waals surface area contributed by atoms with E-state index in [9.17, 15) is 8.42 Å². The Morgan fingerprint density at radius 1 is 1.25 bits per heavy atom. The Morgan fingerprint density at radius 3 is 2.40 bits per heavy atom. The Hall–Kier alpha value is -0.890. The summed E-state index contributed by atoms with van der Waals surface area (Å²) in [4.78, 5) is 2.30. The van der Waals surface area contributed by atoms with E-state index in [4.69, 9.17) is 10.2 Å². The average molecular weight is 301 g/mol. The molecule has 1 aliphatic heterocycles. The second-order valence-electron chi connectivity index (χ2n) is 5.52. The van der Waals surface area contributed by atoms with E-state index in [0.29, 0.717) is 24.8 Å². The van der Waals surface area contributed by atoms with E-state index in [1.54, 1.807) is 6.07 Å². The summed E-state index contributed by atoms with van der Waals surface area (Å²) >= 11 is 0. The van der Waals surface area contributed by atoms with Crippen LogP contribution in [0, 0.1) is 5.92 Å². The minimum absolute atomic E-state index is 0.00439. The maximum Gasteiger partial charge on any atom is 0.276 e. The van der Waals surface area contributed by atoms with E-state index in [1.165, 1.54) is 10.4 Å². The summed E-state index contributed by atoms with van der Waals surface area (Å²) in [6.07, 6.45) is 0. The first-order valence-corrected chi connectivity index (χ1v) is 8.38. The lowest BCUT2D eigenvalue weighted by Gasteiger charge is -2.34. The van der Waals surface area contributed by atoms with E-state index in [1.807, 2.05) is 0 Å². The first-order valence-electron chi connectivity index (χ1n) is 6.94. The first-order chi connectivity index (χ1) is 9.43. The molecule has 20 heavy (non-hydrogen) atoms. The van der Waals surface area contributed by atoms with Crippen molar-refractivity contribution in [2.75, 3.05) is 32.7 Å². The molecule has 1 saturated heterocycles. The lowest BCUT2D eigenvalue weighted by atomic mass is 10.2. The molecule has 7 heteroatoms. The minimum Gasteiger partial charge on any atom is -0.447 e. The van der Waals surface area contributed by atoms with Gasteiger partial charge in [0.15, 0.2) is 0 Å². The van der Waals surface area contributed by atoms with Crippen LogP contribution in [0.25, 0.3) is 0 Å². The fourth-order valence-corrected chi connectivity index (χ4v) is 3.75. The Morgan fingerprint density at radius 2 is 1.90 bits per heavy atom. The first kappa shape index (κ1) is 15.5. The van der Waals surface area contributed by atoms with E-state index in [0.717, 1.165) is 19.6 Å². The summed E-state index contributed by atoms with van der Waals surface area (Å²) in [7, 11) is -3.52. The lowest BCUT2D eigenvalue weighted by molar-refractivity contribution is 0.170. The quantitative estimate of drug-likeness (QED) is 0.866. The molecule has 0 radical (unpaired) electrons. The normalized spacial score (nSPS) is 18.8. The van der Waals surface area contributed by atoms with Gasteiger partial charge in [0.2, 0.25) is 5.09 Å². The molecule has 0 spiro atoms. The minimum atomic E-state index is -3.52. The van der Waals surface area contributed by atoms with Gasteiger partial charge in [-0.1, -0.05) is 13.8 Å². The standard InChI is InChI=1S/C13H23N3O3S/c1-11(2)10-15-5-7-16(8-6-15)20(17,18)13-4-3-12(9-14)19-13/h3-4,11H,5-10,14H2,1-2H3. The van der Waals surface area contributed by atoms with Crippen molar-refractivity contribution in [2.45, 2.75) is 25.5 Å². The molecule has 2 rings (SSSR count). The van der Waals surface area contributed by atoms with Crippen LogP contribution in [0.5, 0.6) is 0 Å². The highest BCUT2D eigenvalue weighted by molar-refractivity contribution is 7.89. The number of sulfonamides is 1. The molecule has 0 amide bonds. The van der Waals surface area contributed by atoms with Crippen LogP contribution in [0.3, 0.4) is 0 Å². The molecule has 1 aliphatic rings. The number of nitrogens with two attached hydrogens (primary N) is 1. The molecule has 0 atom stereocenters. The highest BCUT2D eigenvalue weighted by Gasteiger charge is 2.30. The lowest BCUT2D eigenvalue weighted by Crippen LogP contribution is -2.49. The molecule has 0 unspecified atom stereocenters. The van der Waals surface area contributed by atoms with Crippen LogP contribution >= 0.6 is 0 Å². The van der Waals surface area contributed by atoms with Crippen LogP contribution in [-0.4, -0.2) is 50.3 Å². The molecule has 2 N–H and O–H groups in total. The third-order valence-electron chi connectivity index (χ3n) is 3.39. The van der Waals surface area contributed by atoms with Gasteiger partial charge < -0.3 is 15.1 Å². The monoisotopic (exact) mass is 301 g/mol. The number of nitrogens with zero attached hydrogens (tertiary/aromatic N) is 2. The third kappa shape index (κ3) is 3.41. The number of piperazine rings is 1. The highest BCUT2D eigenvalue weighted by atomic mass is 32.2. The van der Waals surface area contributed by atoms with E-state index < -0.39 is 10.0 Å². The fourth-order valence-electron chi connectivity index (χ4n) is 2.40. The smallest absolute Gasteiger partial charge is 0.276 e. The zero-order valence-electron chi connectivity index (χ0n) is 12.1. The van der Waals surface area contributed by atoms with Crippen molar-refractivity contribution in [1.82, 2.24) is 9.21 Å². The van der Waals surface area contributed by atoms with E-state index >= 15 is 0 Å². The second kappa shape index (κ2) is 6.26. The zero-order chi connectivity index (χ0) is 14.8. The summed E-state index contributed by atoms with van der Waals surface area (Å²) in [5, 5.41) is -0.00439. The maximum absolute atomic E-state index is 12.4. The second-order valence-corrected chi connectivity index (χ2v) is 7.39. The van der Waals surface area contributed by atoms with Crippen LogP contribution in [0.4, 0.5) is 0 Å². The van der Waals surface area contributed by atoms with Gasteiger partial charge in [0.25, 0.3) is 10.0 Å². The molecule has 1 aromatic rings. The summed E-state index contributed by atoms with van der Waals surface area (Å²) in [6, 6.07) is 3.10. The van der Waals surface area contributed by atoms with Gasteiger partial charge in [-0.2, -0.15) is 4.31 Å². The topological polar surface area (TPSA) is 79.8 Å². The Kier molecular flexibility index (Phi) is 4.85. The zero-order valence-corrected chi connectivity index (χ0v) is 12.9. The van der Waals surface area contributed by atoms with Crippen molar-refractivity contribution in [2.24, 2.45) is 11.7 Å². The third-order valence-corrected chi connectivity index (χ3v) is 5.16. The predicted molar refractivity (Wildman–Crippen MR) is 76.6 cm³/mol. The SMILES string of the molecule is CC(C)CN1CCN(S(=O)(=O)c2ccc(CN)o2)CC1. The summed E-state index contributed by atoms with van der Waals surface area (Å²) in [5.41, 5.74) is 5.44. The average Bonchev–Trinajstić information content (AvgIpc) is 2.88. The van der Waals surface area contributed by atoms with Crippen molar-refractivity contribution in [3.8, 4) is 0 Å². The van der Waals surface area contributed by atoms with Gasteiger partial charge >= 0.3 is 0 Å². The van der Waals surface area contributed by atoms with Crippen LogP contribution in [0.1, 0.15) is 19.6 Å². The number of furan rings is 1.